The maximum Gasteiger partial charge on any atom is 0.417 e. The summed E-state index contributed by atoms with van der Waals surface area (Å²) in [5, 5.41) is 0. The second-order valence-electron chi connectivity index (χ2n) is 2.78. The lowest BCUT2D eigenvalue weighted by atomic mass is 10.2. The molecule has 1 radical (unpaired) electrons. The first-order valence-electron chi connectivity index (χ1n) is 4.38. The van der Waals surface area contributed by atoms with Crippen LogP contribution in [0.25, 0.3) is 0 Å². The summed E-state index contributed by atoms with van der Waals surface area (Å²) >= 11 is 0. The van der Waals surface area contributed by atoms with Gasteiger partial charge < -0.3 is 9.47 Å². The van der Waals surface area contributed by atoms with Crippen LogP contribution in [0.4, 0.5) is 0 Å². The Kier molecular flexibility index (Phi) is 6.76. The Bertz CT molecular complexity index is 114. The summed E-state index contributed by atoms with van der Waals surface area (Å²) in [6.45, 7) is 7.77. The van der Waals surface area contributed by atoms with Crippen LogP contribution in [-0.2, 0) is 14.3 Å². The standard InChI is InChI=1S/C9H17O3/c1-4-8(3)12-9(5-2)6-11-7-10/h8-9H,4-6H2,1-3H3. The molecule has 0 aromatic carbocycles. The summed E-state index contributed by atoms with van der Waals surface area (Å²) in [5.41, 5.74) is 0. The van der Waals surface area contributed by atoms with E-state index in [9.17, 15) is 4.79 Å². The minimum Gasteiger partial charge on any atom is -0.455 e. The minimum atomic E-state index is 0.0152. The fourth-order valence-electron chi connectivity index (χ4n) is 0.805. The van der Waals surface area contributed by atoms with Crippen molar-refractivity contribution < 1.29 is 14.3 Å². The summed E-state index contributed by atoms with van der Waals surface area (Å²) < 4.78 is 10.0. The first kappa shape index (κ1) is 11.4. The highest BCUT2D eigenvalue weighted by molar-refractivity contribution is 5.38. The molecule has 2 atom stereocenters. The van der Waals surface area contributed by atoms with Gasteiger partial charge in [0, 0.05) is 0 Å². The number of ether oxygens (including phenoxy) is 2. The second-order valence-corrected chi connectivity index (χ2v) is 2.78. The normalized spacial score (nSPS) is 15.2. The predicted octanol–water partition coefficient (Wildman–Crippen LogP) is 1.66. The Morgan fingerprint density at radius 2 is 2.00 bits per heavy atom. The van der Waals surface area contributed by atoms with Gasteiger partial charge in [-0.25, -0.2) is 4.79 Å². The van der Waals surface area contributed by atoms with Crippen molar-refractivity contribution in [1.82, 2.24) is 0 Å². The number of carbonyl (C=O) groups excluding carboxylic acids is 1. The Labute approximate surface area is 74.0 Å². The molecule has 0 rings (SSSR count). The smallest absolute Gasteiger partial charge is 0.417 e. The van der Waals surface area contributed by atoms with Gasteiger partial charge in [-0.3, -0.25) is 0 Å². The van der Waals surface area contributed by atoms with Gasteiger partial charge in [0.05, 0.1) is 12.2 Å². The van der Waals surface area contributed by atoms with E-state index in [2.05, 4.69) is 11.7 Å². The van der Waals surface area contributed by atoms with Gasteiger partial charge in [0.15, 0.2) is 0 Å². The molecule has 0 heterocycles. The molecule has 2 unspecified atom stereocenters. The van der Waals surface area contributed by atoms with Gasteiger partial charge in [-0.1, -0.05) is 13.8 Å². The molecule has 0 fully saturated rings. The van der Waals surface area contributed by atoms with Crippen molar-refractivity contribution in [1.29, 1.82) is 0 Å². The zero-order valence-corrected chi connectivity index (χ0v) is 8.00. The molecule has 0 bridgehead atoms. The van der Waals surface area contributed by atoms with Crippen molar-refractivity contribution in [3.8, 4) is 0 Å². The molecular weight excluding hydrogens is 156 g/mol. The first-order chi connectivity index (χ1) is 5.74. The van der Waals surface area contributed by atoms with Gasteiger partial charge in [-0.15, -0.1) is 0 Å². The summed E-state index contributed by atoms with van der Waals surface area (Å²) in [7, 11) is 0. The van der Waals surface area contributed by atoms with Gasteiger partial charge in [0.2, 0.25) is 0 Å². The van der Waals surface area contributed by atoms with Gasteiger partial charge in [-0.05, 0) is 19.8 Å². The molecule has 0 N–H and O–H groups in total. The molecule has 0 amide bonds. The molecule has 3 heteroatoms. The van der Waals surface area contributed by atoms with Crippen LogP contribution in [0.2, 0.25) is 0 Å². The van der Waals surface area contributed by atoms with Crippen LogP contribution in [0, 0.1) is 0 Å². The van der Waals surface area contributed by atoms with Gasteiger partial charge >= 0.3 is 6.47 Å². The fourth-order valence-corrected chi connectivity index (χ4v) is 0.805. The fraction of sp³-hybridized carbons (Fsp3) is 0.889. The van der Waals surface area contributed by atoms with Gasteiger partial charge in [0.25, 0.3) is 0 Å². The summed E-state index contributed by atoms with van der Waals surface area (Å²) in [5.74, 6) is 0. The monoisotopic (exact) mass is 173 g/mol. The average molecular weight is 173 g/mol. The maximum absolute atomic E-state index is 9.78. The van der Waals surface area contributed by atoms with E-state index < -0.39 is 0 Å². The van der Waals surface area contributed by atoms with E-state index in [1.165, 1.54) is 6.47 Å². The Morgan fingerprint density at radius 1 is 1.33 bits per heavy atom. The third-order valence-electron chi connectivity index (χ3n) is 1.78. The van der Waals surface area contributed by atoms with Crippen molar-refractivity contribution >= 4 is 6.47 Å². The van der Waals surface area contributed by atoms with Crippen LogP contribution in [0.1, 0.15) is 33.6 Å². The Balaban J connectivity index is 3.58. The SMILES string of the molecule is CCC(C)OC(CC)CO[C]=O. The Hall–Kier alpha value is -0.570. The van der Waals surface area contributed by atoms with E-state index in [0.29, 0.717) is 6.61 Å². The van der Waals surface area contributed by atoms with Crippen molar-refractivity contribution in [2.75, 3.05) is 6.61 Å². The summed E-state index contributed by atoms with van der Waals surface area (Å²) in [6, 6.07) is 0. The molecule has 0 saturated heterocycles. The molecule has 71 valence electrons. The van der Waals surface area contributed by atoms with E-state index in [0.717, 1.165) is 12.8 Å². The summed E-state index contributed by atoms with van der Waals surface area (Å²) in [6.07, 6.45) is 2.07. The largest absolute Gasteiger partial charge is 0.455 e. The lowest BCUT2D eigenvalue weighted by Crippen LogP contribution is -2.23. The highest BCUT2D eigenvalue weighted by Gasteiger charge is 2.10. The third-order valence-corrected chi connectivity index (χ3v) is 1.78. The molecule has 0 aromatic rings. The minimum absolute atomic E-state index is 0.0152. The number of rotatable bonds is 7. The van der Waals surface area contributed by atoms with E-state index in [1.54, 1.807) is 0 Å². The number of hydrogen-bond acceptors (Lipinski definition) is 3. The molecule has 0 aliphatic rings. The van der Waals surface area contributed by atoms with Crippen LogP contribution in [0.15, 0.2) is 0 Å². The molecule has 0 saturated carbocycles. The average Bonchev–Trinajstić information content (AvgIpc) is 2.11. The highest BCUT2D eigenvalue weighted by Crippen LogP contribution is 2.05. The predicted molar refractivity (Wildman–Crippen MR) is 46.6 cm³/mol. The maximum atomic E-state index is 9.78. The van der Waals surface area contributed by atoms with Crippen molar-refractivity contribution in [3.05, 3.63) is 0 Å². The quantitative estimate of drug-likeness (QED) is 0.587. The molecule has 0 aliphatic heterocycles. The molecule has 3 nitrogen and oxygen atoms in total. The molecular formula is C9H17O3. The van der Waals surface area contributed by atoms with Gasteiger partial charge in [0.1, 0.15) is 6.61 Å². The van der Waals surface area contributed by atoms with E-state index in [-0.39, 0.29) is 12.2 Å². The van der Waals surface area contributed by atoms with E-state index in [1.807, 2.05) is 13.8 Å². The van der Waals surface area contributed by atoms with E-state index >= 15 is 0 Å². The highest BCUT2D eigenvalue weighted by atomic mass is 16.6. The molecule has 0 aromatic heterocycles. The Morgan fingerprint density at radius 3 is 2.42 bits per heavy atom. The van der Waals surface area contributed by atoms with Crippen LogP contribution >= 0.6 is 0 Å². The molecule has 12 heavy (non-hydrogen) atoms. The lowest BCUT2D eigenvalue weighted by Gasteiger charge is -2.18. The summed E-state index contributed by atoms with van der Waals surface area (Å²) in [4.78, 5) is 9.78. The number of hydrogen-bond donors (Lipinski definition) is 0. The zero-order chi connectivity index (χ0) is 9.40. The molecule has 0 spiro atoms. The van der Waals surface area contributed by atoms with Crippen LogP contribution < -0.4 is 0 Å². The topological polar surface area (TPSA) is 35.5 Å². The molecule has 0 aliphatic carbocycles. The van der Waals surface area contributed by atoms with Crippen LogP contribution in [0.5, 0.6) is 0 Å². The third kappa shape index (κ3) is 5.13. The first-order valence-corrected chi connectivity index (χ1v) is 4.38. The van der Waals surface area contributed by atoms with Crippen molar-refractivity contribution in [3.63, 3.8) is 0 Å². The van der Waals surface area contributed by atoms with Crippen LogP contribution in [-0.4, -0.2) is 25.3 Å². The van der Waals surface area contributed by atoms with E-state index in [4.69, 9.17) is 4.74 Å². The van der Waals surface area contributed by atoms with Crippen molar-refractivity contribution in [2.45, 2.75) is 45.8 Å². The zero-order valence-electron chi connectivity index (χ0n) is 8.00. The second kappa shape index (κ2) is 7.10. The van der Waals surface area contributed by atoms with Crippen molar-refractivity contribution in [2.24, 2.45) is 0 Å². The van der Waals surface area contributed by atoms with Crippen LogP contribution in [0.3, 0.4) is 0 Å². The lowest BCUT2D eigenvalue weighted by molar-refractivity contribution is -0.0310. The van der Waals surface area contributed by atoms with Gasteiger partial charge in [-0.2, -0.15) is 0 Å².